The molecule has 0 amide bonds. The van der Waals surface area contributed by atoms with Crippen molar-refractivity contribution in [2.45, 2.75) is 18.9 Å². The molecule has 3 aliphatic heterocycles. The highest BCUT2D eigenvalue weighted by Gasteiger charge is 2.19. The minimum absolute atomic E-state index is 0.271. The summed E-state index contributed by atoms with van der Waals surface area (Å²) in [6, 6.07) is 5.95. The van der Waals surface area contributed by atoms with Gasteiger partial charge in [-0.1, -0.05) is 11.8 Å². The molecular formula is C16H19N3O3S. The van der Waals surface area contributed by atoms with E-state index in [0.717, 1.165) is 53.1 Å². The molecule has 1 fully saturated rings. The fourth-order valence-electron chi connectivity index (χ4n) is 2.74. The number of hydrogen-bond acceptors (Lipinski definition) is 6. The first-order valence-electron chi connectivity index (χ1n) is 7.90. The van der Waals surface area contributed by atoms with Gasteiger partial charge >= 0.3 is 0 Å². The van der Waals surface area contributed by atoms with Gasteiger partial charge in [-0.25, -0.2) is 0 Å². The van der Waals surface area contributed by atoms with Crippen LogP contribution in [0.2, 0.25) is 0 Å². The number of benzene rings is 1. The van der Waals surface area contributed by atoms with Gasteiger partial charge in [0.05, 0.1) is 18.4 Å². The van der Waals surface area contributed by atoms with Crippen LogP contribution in [0.1, 0.15) is 18.4 Å². The fourth-order valence-corrected chi connectivity index (χ4v) is 3.52. The summed E-state index contributed by atoms with van der Waals surface area (Å²) >= 11 is 1.67. The standard InChI is InChI=1S/C16H19N3O3S/c1-2-12(20-5-1)9-17-16-19-18-13(10-23-16)11-3-4-14-15(8-11)22-7-6-21-14/h3-4,8,12H,1-2,5-7,9-10H2,(H,17,19)/t12-/m0/s1. The summed E-state index contributed by atoms with van der Waals surface area (Å²) < 4.78 is 16.8. The Morgan fingerprint density at radius 1 is 1.22 bits per heavy atom. The third-order valence-electron chi connectivity index (χ3n) is 3.97. The van der Waals surface area contributed by atoms with E-state index in [1.807, 2.05) is 18.2 Å². The van der Waals surface area contributed by atoms with E-state index in [-0.39, 0.29) is 6.10 Å². The van der Waals surface area contributed by atoms with Gasteiger partial charge in [-0.2, -0.15) is 5.10 Å². The highest BCUT2D eigenvalue weighted by Crippen LogP contribution is 2.31. The van der Waals surface area contributed by atoms with Crippen molar-refractivity contribution in [3.63, 3.8) is 0 Å². The second-order valence-corrected chi connectivity index (χ2v) is 6.56. The summed E-state index contributed by atoms with van der Waals surface area (Å²) in [6.07, 6.45) is 2.52. The lowest BCUT2D eigenvalue weighted by Crippen LogP contribution is -2.26. The van der Waals surface area contributed by atoms with E-state index < -0.39 is 0 Å². The maximum atomic E-state index is 5.63. The molecule has 0 bridgehead atoms. The number of hydrogen-bond donors (Lipinski definition) is 1. The van der Waals surface area contributed by atoms with Crippen molar-refractivity contribution in [1.82, 2.24) is 5.43 Å². The molecule has 0 unspecified atom stereocenters. The van der Waals surface area contributed by atoms with Crippen LogP contribution in [0.5, 0.6) is 11.5 Å². The molecule has 0 spiro atoms. The molecule has 3 aliphatic rings. The Kier molecular flexibility index (Phi) is 4.39. The van der Waals surface area contributed by atoms with Crippen molar-refractivity contribution in [3.05, 3.63) is 23.8 Å². The van der Waals surface area contributed by atoms with Crippen molar-refractivity contribution >= 4 is 22.6 Å². The Hall–Kier alpha value is -1.73. The van der Waals surface area contributed by atoms with Gasteiger partial charge in [0.1, 0.15) is 13.2 Å². The second kappa shape index (κ2) is 6.80. The van der Waals surface area contributed by atoms with E-state index >= 15 is 0 Å². The van der Waals surface area contributed by atoms with Gasteiger partial charge in [-0.05, 0) is 31.0 Å². The summed E-state index contributed by atoms with van der Waals surface area (Å²) in [4.78, 5) is 4.56. The van der Waals surface area contributed by atoms with Crippen LogP contribution < -0.4 is 14.9 Å². The van der Waals surface area contributed by atoms with Crippen molar-refractivity contribution in [1.29, 1.82) is 0 Å². The molecular weight excluding hydrogens is 314 g/mol. The first-order valence-corrected chi connectivity index (χ1v) is 8.88. The van der Waals surface area contributed by atoms with E-state index in [2.05, 4.69) is 15.5 Å². The molecule has 0 saturated carbocycles. The van der Waals surface area contributed by atoms with Gasteiger partial charge in [0.15, 0.2) is 16.7 Å². The molecule has 23 heavy (non-hydrogen) atoms. The zero-order valence-electron chi connectivity index (χ0n) is 12.8. The van der Waals surface area contributed by atoms with E-state index in [1.54, 1.807) is 11.8 Å². The minimum atomic E-state index is 0.271. The van der Waals surface area contributed by atoms with E-state index in [0.29, 0.717) is 19.8 Å². The maximum absolute atomic E-state index is 5.63. The molecule has 1 atom stereocenters. The number of nitrogens with zero attached hydrogens (tertiary/aromatic N) is 2. The van der Waals surface area contributed by atoms with Crippen molar-refractivity contribution in [2.24, 2.45) is 10.1 Å². The molecule has 4 rings (SSSR count). The highest BCUT2D eigenvalue weighted by molar-refractivity contribution is 8.14. The number of rotatable bonds is 3. The number of fused-ring (bicyclic) bond motifs is 1. The Labute approximate surface area is 139 Å². The van der Waals surface area contributed by atoms with E-state index in [9.17, 15) is 0 Å². The predicted octanol–water partition coefficient (Wildman–Crippen LogP) is 2.03. The van der Waals surface area contributed by atoms with Gasteiger partial charge in [-0.3, -0.25) is 10.4 Å². The van der Waals surface area contributed by atoms with Crippen molar-refractivity contribution < 1.29 is 14.2 Å². The number of thioether (sulfide) groups is 1. The highest BCUT2D eigenvalue weighted by atomic mass is 32.2. The van der Waals surface area contributed by atoms with Crippen LogP contribution in [0.3, 0.4) is 0 Å². The molecule has 1 aromatic carbocycles. The molecule has 1 saturated heterocycles. The monoisotopic (exact) mass is 333 g/mol. The summed E-state index contributed by atoms with van der Waals surface area (Å²) in [5, 5.41) is 5.32. The van der Waals surface area contributed by atoms with Crippen LogP contribution in [-0.2, 0) is 4.74 Å². The summed E-state index contributed by atoms with van der Waals surface area (Å²) in [7, 11) is 0. The molecule has 0 aliphatic carbocycles. The maximum Gasteiger partial charge on any atom is 0.177 e. The van der Waals surface area contributed by atoms with Gasteiger partial charge in [-0.15, -0.1) is 0 Å². The molecule has 0 radical (unpaired) electrons. The van der Waals surface area contributed by atoms with Crippen LogP contribution in [0, 0.1) is 0 Å². The minimum Gasteiger partial charge on any atom is -0.486 e. The lowest BCUT2D eigenvalue weighted by molar-refractivity contribution is 0.118. The molecule has 3 heterocycles. The van der Waals surface area contributed by atoms with Crippen LogP contribution in [-0.4, -0.2) is 49.1 Å². The van der Waals surface area contributed by atoms with Crippen molar-refractivity contribution in [2.75, 3.05) is 32.1 Å². The Morgan fingerprint density at radius 3 is 2.91 bits per heavy atom. The molecule has 0 aromatic heterocycles. The summed E-state index contributed by atoms with van der Waals surface area (Å²) in [6.45, 7) is 2.78. The third-order valence-corrected chi connectivity index (χ3v) is 4.88. The quantitative estimate of drug-likeness (QED) is 0.917. The topological polar surface area (TPSA) is 64.4 Å². The van der Waals surface area contributed by atoms with Gasteiger partial charge in [0, 0.05) is 17.9 Å². The van der Waals surface area contributed by atoms with Crippen LogP contribution in [0.15, 0.2) is 28.3 Å². The smallest absolute Gasteiger partial charge is 0.177 e. The van der Waals surface area contributed by atoms with E-state index in [1.165, 1.54) is 0 Å². The van der Waals surface area contributed by atoms with Crippen LogP contribution >= 0.6 is 11.8 Å². The average molecular weight is 333 g/mol. The zero-order valence-corrected chi connectivity index (χ0v) is 13.6. The molecule has 122 valence electrons. The third kappa shape index (κ3) is 3.45. The van der Waals surface area contributed by atoms with Gasteiger partial charge < -0.3 is 14.2 Å². The second-order valence-electron chi connectivity index (χ2n) is 5.60. The first kappa shape index (κ1) is 14.8. The van der Waals surface area contributed by atoms with Gasteiger partial charge in [0.25, 0.3) is 0 Å². The first-order chi connectivity index (χ1) is 11.4. The molecule has 1 N–H and O–H groups in total. The van der Waals surface area contributed by atoms with Gasteiger partial charge in [0.2, 0.25) is 0 Å². The molecule has 1 aromatic rings. The Morgan fingerprint density at radius 2 is 2.13 bits per heavy atom. The number of nitrogens with one attached hydrogen (secondary N) is 1. The van der Waals surface area contributed by atoms with Crippen LogP contribution in [0.25, 0.3) is 0 Å². The molecule has 6 nitrogen and oxygen atoms in total. The predicted molar refractivity (Wildman–Crippen MR) is 90.8 cm³/mol. The zero-order chi connectivity index (χ0) is 15.5. The SMILES string of the molecule is c1cc2c(cc1C1=NNC(=NC[C@@H]3CCCO3)SC1)OCCO2. The lowest BCUT2D eigenvalue weighted by atomic mass is 10.1. The summed E-state index contributed by atoms with van der Waals surface area (Å²) in [5.41, 5.74) is 5.08. The van der Waals surface area contributed by atoms with Crippen molar-refractivity contribution in [3.8, 4) is 11.5 Å². The number of hydrazone groups is 1. The van der Waals surface area contributed by atoms with E-state index in [4.69, 9.17) is 14.2 Å². The number of amidine groups is 1. The molecule has 7 heteroatoms. The normalized spacial score (nSPS) is 25.1. The number of ether oxygens (including phenoxy) is 3. The Balaban J connectivity index is 1.41. The Bertz CT molecular complexity index is 641. The number of aliphatic imine (C=N–C) groups is 1. The fraction of sp³-hybridized carbons (Fsp3) is 0.500. The summed E-state index contributed by atoms with van der Waals surface area (Å²) in [5.74, 6) is 2.38. The van der Waals surface area contributed by atoms with Crippen LogP contribution in [0.4, 0.5) is 0 Å². The largest absolute Gasteiger partial charge is 0.486 e. The lowest BCUT2D eigenvalue weighted by Gasteiger charge is -2.20. The average Bonchev–Trinajstić information content (AvgIpc) is 3.14.